The zero-order valence-electron chi connectivity index (χ0n) is 19.0. The molecule has 0 spiro atoms. The van der Waals surface area contributed by atoms with Crippen LogP contribution in [0.2, 0.25) is 0 Å². The maximum Gasteiger partial charge on any atom is 0.326 e. The molecule has 6 nitrogen and oxygen atoms in total. The fourth-order valence-corrected chi connectivity index (χ4v) is 4.54. The average molecular weight is 496 g/mol. The Morgan fingerprint density at radius 2 is 1.71 bits per heavy atom. The number of fused-ring (bicyclic) bond motifs is 1. The molecule has 0 aliphatic rings. The van der Waals surface area contributed by atoms with E-state index < -0.39 is 23.7 Å². The number of thiazole rings is 1. The standard InChI is InChI=1S/C26H23F2N3O3S/c1-14(2)11-22(25(33)34)30-24(32)19-9-5-16(12-20(19)28)15-3-7-18(8-4-15)29-26-31-21-10-6-17(27)13-23(21)35-26/h3-10,12-14,22H,11H2,1-2H3,(H,29,31)(H,30,32)(H,33,34)/t22-/m0/s1. The second kappa shape index (κ2) is 10.2. The quantitative estimate of drug-likeness (QED) is 0.270. The molecule has 180 valence electrons. The molecule has 0 saturated heterocycles. The first-order valence-corrected chi connectivity index (χ1v) is 11.8. The predicted molar refractivity (Wildman–Crippen MR) is 133 cm³/mol. The lowest BCUT2D eigenvalue weighted by Gasteiger charge is -2.17. The van der Waals surface area contributed by atoms with Crippen LogP contribution in [-0.4, -0.2) is 28.0 Å². The van der Waals surface area contributed by atoms with Gasteiger partial charge in [0.25, 0.3) is 5.91 Å². The molecule has 3 N–H and O–H groups in total. The molecule has 9 heteroatoms. The summed E-state index contributed by atoms with van der Waals surface area (Å²) in [6.07, 6.45) is 0.245. The third kappa shape index (κ3) is 5.81. The summed E-state index contributed by atoms with van der Waals surface area (Å²) in [7, 11) is 0. The number of amides is 1. The molecule has 4 aromatic rings. The number of anilines is 2. The van der Waals surface area contributed by atoms with Crippen molar-refractivity contribution < 1.29 is 23.5 Å². The Labute approximate surface area is 204 Å². The molecule has 1 heterocycles. The number of rotatable bonds is 8. The Morgan fingerprint density at radius 1 is 1.00 bits per heavy atom. The van der Waals surface area contributed by atoms with Gasteiger partial charge in [0, 0.05) is 5.69 Å². The van der Waals surface area contributed by atoms with Crippen LogP contribution in [0.15, 0.2) is 60.7 Å². The van der Waals surface area contributed by atoms with Crippen LogP contribution in [0.4, 0.5) is 19.6 Å². The van der Waals surface area contributed by atoms with Crippen molar-refractivity contribution in [1.82, 2.24) is 10.3 Å². The summed E-state index contributed by atoms with van der Waals surface area (Å²) in [5.41, 5.74) is 2.55. The van der Waals surface area contributed by atoms with Crippen LogP contribution in [0.3, 0.4) is 0 Å². The Kier molecular flexibility index (Phi) is 7.07. The maximum atomic E-state index is 14.7. The molecule has 1 amide bonds. The first-order valence-electron chi connectivity index (χ1n) is 11.0. The van der Waals surface area contributed by atoms with Gasteiger partial charge in [0.05, 0.1) is 15.8 Å². The number of carbonyl (C=O) groups excluding carboxylic acids is 1. The smallest absolute Gasteiger partial charge is 0.326 e. The monoisotopic (exact) mass is 495 g/mol. The number of aliphatic carboxylic acids is 1. The van der Waals surface area contributed by atoms with E-state index in [1.54, 1.807) is 24.3 Å². The highest BCUT2D eigenvalue weighted by Crippen LogP contribution is 2.30. The Hall–Kier alpha value is -3.85. The van der Waals surface area contributed by atoms with Gasteiger partial charge in [0.15, 0.2) is 5.13 Å². The molecule has 0 saturated carbocycles. The van der Waals surface area contributed by atoms with Crippen LogP contribution in [0, 0.1) is 17.6 Å². The third-order valence-corrected chi connectivity index (χ3v) is 6.28. The fraction of sp³-hybridized carbons (Fsp3) is 0.192. The molecular weight excluding hydrogens is 472 g/mol. The molecule has 0 bridgehead atoms. The van der Waals surface area contributed by atoms with Crippen LogP contribution < -0.4 is 10.6 Å². The van der Waals surface area contributed by atoms with E-state index in [0.717, 1.165) is 16.0 Å². The van der Waals surface area contributed by atoms with Crippen molar-refractivity contribution in [1.29, 1.82) is 0 Å². The van der Waals surface area contributed by atoms with E-state index in [-0.39, 0.29) is 23.7 Å². The highest BCUT2D eigenvalue weighted by atomic mass is 32.1. The van der Waals surface area contributed by atoms with Crippen molar-refractivity contribution in [2.24, 2.45) is 5.92 Å². The number of halogens is 2. The van der Waals surface area contributed by atoms with Crippen LogP contribution in [0.25, 0.3) is 21.3 Å². The average Bonchev–Trinajstić information content (AvgIpc) is 3.19. The van der Waals surface area contributed by atoms with Crippen molar-refractivity contribution in [2.75, 3.05) is 5.32 Å². The van der Waals surface area contributed by atoms with Gasteiger partial charge >= 0.3 is 5.97 Å². The molecule has 35 heavy (non-hydrogen) atoms. The van der Waals surface area contributed by atoms with E-state index in [2.05, 4.69) is 15.6 Å². The van der Waals surface area contributed by atoms with E-state index in [1.165, 1.54) is 35.6 Å². The lowest BCUT2D eigenvalue weighted by Crippen LogP contribution is -2.41. The highest BCUT2D eigenvalue weighted by Gasteiger charge is 2.23. The number of hydrogen-bond acceptors (Lipinski definition) is 5. The molecule has 0 aliphatic heterocycles. The SMILES string of the molecule is CC(C)C[C@H](NC(=O)c1ccc(-c2ccc(Nc3nc4ccc(F)cc4s3)cc2)cc1F)C(=O)O. The first-order chi connectivity index (χ1) is 16.7. The summed E-state index contributed by atoms with van der Waals surface area (Å²) in [5.74, 6) is -2.92. The summed E-state index contributed by atoms with van der Waals surface area (Å²) in [6.45, 7) is 3.69. The third-order valence-electron chi connectivity index (χ3n) is 5.34. The van der Waals surface area contributed by atoms with Gasteiger partial charge in [-0.1, -0.05) is 43.4 Å². The van der Waals surface area contributed by atoms with Gasteiger partial charge in [-0.15, -0.1) is 0 Å². The van der Waals surface area contributed by atoms with Crippen LogP contribution in [0.5, 0.6) is 0 Å². The van der Waals surface area contributed by atoms with Gasteiger partial charge in [0.1, 0.15) is 17.7 Å². The molecule has 0 fully saturated rings. The van der Waals surface area contributed by atoms with Crippen molar-refractivity contribution in [2.45, 2.75) is 26.3 Å². The fourth-order valence-electron chi connectivity index (χ4n) is 3.63. The van der Waals surface area contributed by atoms with Crippen molar-refractivity contribution >= 4 is 44.2 Å². The van der Waals surface area contributed by atoms with E-state index in [9.17, 15) is 23.5 Å². The number of aromatic nitrogens is 1. The molecule has 1 aromatic heterocycles. The van der Waals surface area contributed by atoms with Crippen molar-refractivity contribution in [3.63, 3.8) is 0 Å². The Morgan fingerprint density at radius 3 is 2.37 bits per heavy atom. The van der Waals surface area contributed by atoms with E-state index >= 15 is 0 Å². The number of nitrogens with one attached hydrogen (secondary N) is 2. The first kappa shape index (κ1) is 24.3. The van der Waals surface area contributed by atoms with E-state index in [4.69, 9.17) is 0 Å². The van der Waals surface area contributed by atoms with Crippen LogP contribution >= 0.6 is 11.3 Å². The summed E-state index contributed by atoms with van der Waals surface area (Å²) in [6, 6.07) is 14.8. The van der Waals surface area contributed by atoms with Gasteiger partial charge in [-0.2, -0.15) is 0 Å². The number of carbonyl (C=O) groups is 2. The second-order valence-corrected chi connectivity index (χ2v) is 9.55. The number of benzene rings is 3. The topological polar surface area (TPSA) is 91.3 Å². The number of carboxylic acid groups (broad SMARTS) is 1. The van der Waals surface area contributed by atoms with E-state index in [0.29, 0.717) is 16.2 Å². The van der Waals surface area contributed by atoms with E-state index in [1.807, 2.05) is 26.0 Å². The minimum Gasteiger partial charge on any atom is -0.480 e. The lowest BCUT2D eigenvalue weighted by molar-refractivity contribution is -0.139. The molecule has 4 rings (SSSR count). The van der Waals surface area contributed by atoms with Gasteiger partial charge in [-0.05, 0) is 65.9 Å². The largest absolute Gasteiger partial charge is 0.480 e. The van der Waals surface area contributed by atoms with Crippen LogP contribution in [-0.2, 0) is 4.79 Å². The predicted octanol–water partition coefficient (Wildman–Crippen LogP) is 6.21. The minimum atomic E-state index is -1.16. The number of carboxylic acids is 1. The summed E-state index contributed by atoms with van der Waals surface area (Å²) < 4.78 is 28.9. The molecule has 0 radical (unpaired) electrons. The number of nitrogens with zero attached hydrogens (tertiary/aromatic N) is 1. The molecular formula is C26H23F2N3O3S. The molecule has 1 atom stereocenters. The lowest BCUT2D eigenvalue weighted by atomic mass is 10.0. The molecule has 3 aromatic carbocycles. The van der Waals surface area contributed by atoms with Crippen molar-refractivity contribution in [3.8, 4) is 11.1 Å². The van der Waals surface area contributed by atoms with Gasteiger partial charge in [-0.25, -0.2) is 18.6 Å². The number of hydrogen-bond donors (Lipinski definition) is 3. The minimum absolute atomic E-state index is 0.0544. The van der Waals surface area contributed by atoms with Crippen molar-refractivity contribution in [3.05, 3.63) is 77.9 Å². The Balaban J connectivity index is 1.46. The van der Waals surface area contributed by atoms with Gasteiger partial charge in [-0.3, -0.25) is 4.79 Å². The zero-order chi connectivity index (χ0) is 25.1. The molecule has 0 unspecified atom stereocenters. The normalized spacial score (nSPS) is 12.0. The zero-order valence-corrected chi connectivity index (χ0v) is 19.8. The highest BCUT2D eigenvalue weighted by molar-refractivity contribution is 7.22. The molecule has 0 aliphatic carbocycles. The summed E-state index contributed by atoms with van der Waals surface area (Å²) >= 11 is 1.34. The van der Waals surface area contributed by atoms with Gasteiger partial charge < -0.3 is 15.7 Å². The van der Waals surface area contributed by atoms with Crippen LogP contribution in [0.1, 0.15) is 30.6 Å². The Bertz CT molecular complexity index is 1390. The summed E-state index contributed by atoms with van der Waals surface area (Å²) in [5, 5.41) is 15.5. The second-order valence-electron chi connectivity index (χ2n) is 8.52. The maximum absolute atomic E-state index is 14.7. The summed E-state index contributed by atoms with van der Waals surface area (Å²) in [4.78, 5) is 28.3. The van der Waals surface area contributed by atoms with Gasteiger partial charge in [0.2, 0.25) is 0 Å².